The summed E-state index contributed by atoms with van der Waals surface area (Å²) in [5.74, 6) is 0.691. The van der Waals surface area contributed by atoms with Crippen molar-refractivity contribution < 1.29 is 14.3 Å². The normalized spacial score (nSPS) is 16.4. The Hall–Kier alpha value is -0.750. The van der Waals surface area contributed by atoms with Gasteiger partial charge in [0.1, 0.15) is 6.04 Å². The van der Waals surface area contributed by atoms with Crippen molar-refractivity contribution >= 4 is 23.6 Å². The molecule has 18 heavy (non-hydrogen) atoms. The summed E-state index contributed by atoms with van der Waals surface area (Å²) in [5, 5.41) is 6.05. The first-order valence-electron chi connectivity index (χ1n) is 6.24. The van der Waals surface area contributed by atoms with Crippen LogP contribution in [0.15, 0.2) is 0 Å². The van der Waals surface area contributed by atoms with E-state index in [0.29, 0.717) is 17.5 Å². The molecule has 0 radical (unpaired) electrons. The van der Waals surface area contributed by atoms with Crippen molar-refractivity contribution in [2.45, 2.75) is 44.8 Å². The summed E-state index contributed by atoms with van der Waals surface area (Å²) in [6.45, 7) is 3.85. The lowest BCUT2D eigenvalue weighted by Gasteiger charge is -2.15. The minimum atomic E-state index is -0.306. The second-order valence-electron chi connectivity index (χ2n) is 4.75. The Morgan fingerprint density at radius 2 is 2.06 bits per heavy atom. The Morgan fingerprint density at radius 3 is 2.56 bits per heavy atom. The molecule has 2 N–H and O–H groups in total. The summed E-state index contributed by atoms with van der Waals surface area (Å²) in [6.07, 6.45) is 2.23. The molecule has 0 aliphatic heterocycles. The molecule has 1 atom stereocenters. The van der Waals surface area contributed by atoms with Crippen LogP contribution in [0.1, 0.15) is 26.7 Å². The third kappa shape index (κ3) is 6.26. The molecule has 6 heteroatoms. The minimum absolute atomic E-state index is 0.00466. The molecule has 0 aromatic rings. The molecule has 0 spiro atoms. The number of esters is 1. The Labute approximate surface area is 112 Å². The predicted molar refractivity (Wildman–Crippen MR) is 72.6 cm³/mol. The molecule has 0 bridgehead atoms. The number of hydrogen-bond acceptors (Lipinski definition) is 5. The molecular formula is C12H22N2O3S. The lowest BCUT2D eigenvalue weighted by Crippen LogP contribution is -2.41. The summed E-state index contributed by atoms with van der Waals surface area (Å²) in [4.78, 5) is 23.0. The lowest BCUT2D eigenvalue weighted by molar-refractivity contribution is -0.142. The van der Waals surface area contributed by atoms with E-state index in [1.54, 1.807) is 0 Å². The topological polar surface area (TPSA) is 67.4 Å². The highest BCUT2D eigenvalue weighted by atomic mass is 32.2. The van der Waals surface area contributed by atoms with Crippen molar-refractivity contribution in [1.29, 1.82) is 0 Å². The van der Waals surface area contributed by atoms with Crippen LogP contribution >= 0.6 is 11.8 Å². The molecular weight excluding hydrogens is 252 g/mol. The van der Waals surface area contributed by atoms with Gasteiger partial charge in [0.15, 0.2) is 0 Å². The molecule has 1 fully saturated rings. The number of nitrogens with one attached hydrogen (secondary N) is 2. The zero-order valence-corrected chi connectivity index (χ0v) is 12.0. The maximum atomic E-state index is 11.5. The van der Waals surface area contributed by atoms with Crippen LogP contribution < -0.4 is 10.6 Å². The van der Waals surface area contributed by atoms with Crippen LogP contribution in [0.5, 0.6) is 0 Å². The van der Waals surface area contributed by atoms with E-state index < -0.39 is 0 Å². The fraction of sp³-hybridized carbons (Fsp3) is 0.833. The first-order valence-corrected chi connectivity index (χ1v) is 7.39. The number of ether oxygens (including phenoxy) is 1. The van der Waals surface area contributed by atoms with Gasteiger partial charge in [0.25, 0.3) is 0 Å². The van der Waals surface area contributed by atoms with Gasteiger partial charge in [0.2, 0.25) is 5.91 Å². The van der Waals surface area contributed by atoms with E-state index in [1.165, 1.54) is 18.9 Å². The summed E-state index contributed by atoms with van der Waals surface area (Å²) in [5.41, 5.74) is 0. The number of amides is 1. The highest BCUT2D eigenvalue weighted by Gasteiger charge is 2.28. The van der Waals surface area contributed by atoms with Crippen LogP contribution in [-0.4, -0.2) is 48.6 Å². The number of carbonyl (C=O) groups is 2. The molecule has 5 nitrogen and oxygen atoms in total. The van der Waals surface area contributed by atoms with Crippen molar-refractivity contribution in [3.05, 3.63) is 0 Å². The fourth-order valence-corrected chi connectivity index (χ4v) is 2.35. The fourth-order valence-electron chi connectivity index (χ4n) is 1.49. The van der Waals surface area contributed by atoms with Gasteiger partial charge in [-0.05, 0) is 26.7 Å². The molecule has 0 saturated heterocycles. The Balaban J connectivity index is 2.23. The largest absolute Gasteiger partial charge is 0.468 e. The minimum Gasteiger partial charge on any atom is -0.468 e. The van der Waals surface area contributed by atoms with E-state index in [1.807, 2.05) is 13.8 Å². The van der Waals surface area contributed by atoms with Gasteiger partial charge in [0, 0.05) is 17.8 Å². The van der Waals surface area contributed by atoms with Crippen molar-refractivity contribution in [3.8, 4) is 0 Å². The SMILES string of the molecule is COC(=O)C(CSCC(=O)NC(C)C)NC1CC1. The van der Waals surface area contributed by atoms with Crippen molar-refractivity contribution in [2.75, 3.05) is 18.6 Å². The van der Waals surface area contributed by atoms with E-state index in [9.17, 15) is 9.59 Å². The maximum Gasteiger partial charge on any atom is 0.323 e. The molecule has 0 aromatic carbocycles. The monoisotopic (exact) mass is 274 g/mol. The molecule has 1 saturated carbocycles. The highest BCUT2D eigenvalue weighted by molar-refractivity contribution is 8.00. The summed E-state index contributed by atoms with van der Waals surface area (Å²) in [7, 11) is 1.39. The van der Waals surface area contributed by atoms with Crippen LogP contribution in [0.25, 0.3) is 0 Å². The summed E-state index contributed by atoms with van der Waals surface area (Å²) < 4.78 is 4.75. The van der Waals surface area contributed by atoms with Crippen molar-refractivity contribution in [3.63, 3.8) is 0 Å². The Morgan fingerprint density at radius 1 is 1.39 bits per heavy atom. The van der Waals surface area contributed by atoms with Gasteiger partial charge in [-0.25, -0.2) is 0 Å². The van der Waals surface area contributed by atoms with Gasteiger partial charge in [0.05, 0.1) is 12.9 Å². The van der Waals surface area contributed by atoms with Crippen LogP contribution in [0, 0.1) is 0 Å². The average molecular weight is 274 g/mol. The smallest absolute Gasteiger partial charge is 0.323 e. The van der Waals surface area contributed by atoms with Gasteiger partial charge < -0.3 is 15.4 Å². The summed E-state index contributed by atoms with van der Waals surface area (Å²) >= 11 is 1.45. The number of rotatable bonds is 8. The van der Waals surface area contributed by atoms with Crippen molar-refractivity contribution in [1.82, 2.24) is 10.6 Å². The molecule has 1 amide bonds. The zero-order chi connectivity index (χ0) is 13.5. The number of methoxy groups -OCH3 is 1. The maximum absolute atomic E-state index is 11.5. The third-order valence-electron chi connectivity index (χ3n) is 2.47. The van der Waals surface area contributed by atoms with Crippen LogP contribution in [0.2, 0.25) is 0 Å². The number of thioether (sulfide) groups is 1. The highest BCUT2D eigenvalue weighted by Crippen LogP contribution is 2.20. The van der Waals surface area contributed by atoms with Gasteiger partial charge in [-0.2, -0.15) is 0 Å². The molecule has 0 aromatic heterocycles. The Kier molecular flexibility index (Phi) is 6.49. The average Bonchev–Trinajstić information content (AvgIpc) is 3.09. The van der Waals surface area contributed by atoms with Crippen LogP contribution in [-0.2, 0) is 14.3 Å². The van der Waals surface area contributed by atoms with Gasteiger partial charge >= 0.3 is 5.97 Å². The van der Waals surface area contributed by atoms with E-state index in [4.69, 9.17) is 4.74 Å². The third-order valence-corrected chi connectivity index (χ3v) is 3.50. The van der Waals surface area contributed by atoms with E-state index in [0.717, 1.165) is 12.8 Å². The van der Waals surface area contributed by atoms with Crippen LogP contribution in [0.3, 0.4) is 0 Å². The molecule has 1 aliphatic carbocycles. The number of hydrogen-bond donors (Lipinski definition) is 2. The summed E-state index contributed by atoms with van der Waals surface area (Å²) in [6, 6.07) is 0.289. The Bertz CT molecular complexity index is 293. The first kappa shape index (κ1) is 15.3. The van der Waals surface area contributed by atoms with Gasteiger partial charge in [-0.3, -0.25) is 9.59 Å². The van der Waals surface area contributed by atoms with E-state index in [2.05, 4.69) is 10.6 Å². The van der Waals surface area contributed by atoms with E-state index in [-0.39, 0.29) is 24.0 Å². The molecule has 0 heterocycles. The van der Waals surface area contributed by atoms with Crippen LogP contribution in [0.4, 0.5) is 0 Å². The zero-order valence-electron chi connectivity index (χ0n) is 11.2. The first-order chi connectivity index (χ1) is 8.52. The van der Waals surface area contributed by atoms with Gasteiger partial charge in [-0.15, -0.1) is 11.8 Å². The number of carbonyl (C=O) groups excluding carboxylic acids is 2. The second-order valence-corrected chi connectivity index (χ2v) is 5.78. The molecule has 104 valence electrons. The molecule has 1 unspecified atom stereocenters. The predicted octanol–water partition coefficient (Wildman–Crippen LogP) is 0.538. The second kappa shape index (κ2) is 7.63. The van der Waals surface area contributed by atoms with E-state index >= 15 is 0 Å². The van der Waals surface area contributed by atoms with Gasteiger partial charge in [-0.1, -0.05) is 0 Å². The molecule has 1 aliphatic rings. The quantitative estimate of drug-likeness (QED) is 0.632. The lowest BCUT2D eigenvalue weighted by atomic mass is 10.3. The molecule has 1 rings (SSSR count). The standard InChI is InChI=1S/C12H22N2O3S/c1-8(2)13-11(15)7-18-6-10(12(16)17-3)14-9-4-5-9/h8-10,14H,4-7H2,1-3H3,(H,13,15). The van der Waals surface area contributed by atoms with Crippen molar-refractivity contribution in [2.24, 2.45) is 0 Å².